The summed E-state index contributed by atoms with van der Waals surface area (Å²) in [6, 6.07) is -0.818. The van der Waals surface area contributed by atoms with Gasteiger partial charge in [0.25, 0.3) is 0 Å². The Kier molecular flexibility index (Phi) is 5.02. The fraction of sp³-hybridized carbons (Fsp3) is 0.545. The Morgan fingerprint density at radius 2 is 2.26 bits per heavy atom. The maximum absolute atomic E-state index is 11.3. The average molecular weight is 270 g/mol. The highest BCUT2D eigenvalue weighted by molar-refractivity contribution is 5.79. The number of nitrogens with one attached hydrogen (secondary N) is 2. The molecule has 1 rings (SSSR count). The molecular weight excluding hydrogens is 252 g/mol. The minimum absolute atomic E-state index is 0.0347. The Hall–Kier alpha value is -1.93. The van der Waals surface area contributed by atoms with E-state index < -0.39 is 23.5 Å². The number of carboxylic acids is 2. The van der Waals surface area contributed by atoms with Gasteiger partial charge < -0.3 is 26.2 Å². The molecule has 8 nitrogen and oxygen atoms in total. The van der Waals surface area contributed by atoms with Gasteiger partial charge in [-0.1, -0.05) is 0 Å². The third-order valence-electron chi connectivity index (χ3n) is 3.00. The SMILES string of the molecule is CNC(CC[C@](N)(Cc1c[nH]cn1)C(=O)O)C(=O)O. The lowest BCUT2D eigenvalue weighted by molar-refractivity contribution is -0.145. The van der Waals surface area contributed by atoms with E-state index in [4.69, 9.17) is 10.8 Å². The second kappa shape index (κ2) is 6.30. The normalized spacial score (nSPS) is 15.7. The molecule has 0 amide bonds. The molecule has 1 heterocycles. The first-order chi connectivity index (χ1) is 8.89. The zero-order valence-electron chi connectivity index (χ0n) is 10.6. The molecule has 0 bridgehead atoms. The van der Waals surface area contributed by atoms with E-state index >= 15 is 0 Å². The third kappa shape index (κ3) is 4.04. The lowest BCUT2D eigenvalue weighted by atomic mass is 9.88. The monoisotopic (exact) mass is 270 g/mol. The number of carbonyl (C=O) groups is 2. The van der Waals surface area contributed by atoms with E-state index in [-0.39, 0.29) is 19.3 Å². The minimum Gasteiger partial charge on any atom is -0.480 e. The predicted octanol–water partition coefficient (Wildman–Crippen LogP) is -0.813. The van der Waals surface area contributed by atoms with Gasteiger partial charge in [-0.25, -0.2) is 4.98 Å². The van der Waals surface area contributed by atoms with Crippen LogP contribution >= 0.6 is 0 Å². The number of aliphatic carboxylic acids is 2. The quantitative estimate of drug-likeness (QED) is 0.415. The molecule has 0 saturated carbocycles. The summed E-state index contributed by atoms with van der Waals surface area (Å²) in [6.07, 6.45) is 3.20. The number of imidazole rings is 1. The standard InChI is InChI=1S/C11H18N4O4/c1-13-8(9(16)17)2-3-11(12,10(18)19)4-7-5-14-6-15-7/h5-6,8,13H,2-4,12H2,1H3,(H,14,15)(H,16,17)(H,18,19)/t8?,11-/m0/s1. The number of hydrogen-bond donors (Lipinski definition) is 5. The molecule has 8 heteroatoms. The van der Waals surface area contributed by atoms with Gasteiger partial charge in [0, 0.05) is 12.6 Å². The van der Waals surface area contributed by atoms with Crippen LogP contribution in [0.15, 0.2) is 12.5 Å². The molecule has 0 aromatic carbocycles. The zero-order valence-corrected chi connectivity index (χ0v) is 10.6. The third-order valence-corrected chi connectivity index (χ3v) is 3.00. The molecule has 0 aliphatic heterocycles. The van der Waals surface area contributed by atoms with Crippen LogP contribution in [-0.4, -0.2) is 50.7 Å². The molecule has 0 aliphatic carbocycles. The van der Waals surface area contributed by atoms with Gasteiger partial charge in [0.1, 0.15) is 11.6 Å². The van der Waals surface area contributed by atoms with Crippen molar-refractivity contribution in [3.63, 3.8) is 0 Å². The molecule has 19 heavy (non-hydrogen) atoms. The van der Waals surface area contributed by atoms with Crippen LogP contribution in [0.5, 0.6) is 0 Å². The number of carboxylic acid groups (broad SMARTS) is 2. The number of nitrogens with two attached hydrogens (primary N) is 1. The minimum atomic E-state index is -1.53. The maximum Gasteiger partial charge on any atom is 0.324 e. The Morgan fingerprint density at radius 1 is 1.58 bits per heavy atom. The van der Waals surface area contributed by atoms with Crippen molar-refractivity contribution >= 4 is 11.9 Å². The molecule has 2 atom stereocenters. The maximum atomic E-state index is 11.3. The highest BCUT2D eigenvalue weighted by atomic mass is 16.4. The van der Waals surface area contributed by atoms with Crippen molar-refractivity contribution in [2.45, 2.75) is 30.8 Å². The Balaban J connectivity index is 2.71. The van der Waals surface area contributed by atoms with Crippen LogP contribution in [0.25, 0.3) is 0 Å². The van der Waals surface area contributed by atoms with Crippen molar-refractivity contribution in [2.75, 3.05) is 7.05 Å². The van der Waals surface area contributed by atoms with Gasteiger partial charge in [-0.15, -0.1) is 0 Å². The van der Waals surface area contributed by atoms with Crippen molar-refractivity contribution < 1.29 is 19.8 Å². The molecule has 1 aromatic rings. The molecule has 1 aromatic heterocycles. The fourth-order valence-electron chi connectivity index (χ4n) is 1.77. The van der Waals surface area contributed by atoms with E-state index in [9.17, 15) is 14.7 Å². The molecular formula is C11H18N4O4. The summed E-state index contributed by atoms with van der Waals surface area (Å²) in [5.41, 5.74) is 4.86. The smallest absolute Gasteiger partial charge is 0.324 e. The summed E-state index contributed by atoms with van der Waals surface area (Å²) in [7, 11) is 1.51. The van der Waals surface area contributed by atoms with Crippen LogP contribution in [0.1, 0.15) is 18.5 Å². The number of rotatable bonds is 8. The van der Waals surface area contributed by atoms with Crippen LogP contribution in [0, 0.1) is 0 Å². The predicted molar refractivity (Wildman–Crippen MR) is 66.6 cm³/mol. The highest BCUT2D eigenvalue weighted by Gasteiger charge is 2.36. The molecule has 0 saturated heterocycles. The Bertz CT molecular complexity index is 434. The lowest BCUT2D eigenvalue weighted by Gasteiger charge is -2.25. The van der Waals surface area contributed by atoms with Crippen molar-refractivity contribution in [3.8, 4) is 0 Å². The highest BCUT2D eigenvalue weighted by Crippen LogP contribution is 2.17. The molecule has 0 aliphatic rings. The van der Waals surface area contributed by atoms with Crippen LogP contribution in [0.4, 0.5) is 0 Å². The second-order valence-corrected chi connectivity index (χ2v) is 4.42. The van der Waals surface area contributed by atoms with Crippen molar-refractivity contribution in [2.24, 2.45) is 5.73 Å². The summed E-state index contributed by atoms with van der Waals surface area (Å²) in [5, 5.41) is 20.7. The summed E-state index contributed by atoms with van der Waals surface area (Å²) in [5.74, 6) is -2.20. The number of likely N-dealkylation sites (N-methyl/N-ethyl adjacent to an activating group) is 1. The first-order valence-electron chi connectivity index (χ1n) is 5.79. The van der Waals surface area contributed by atoms with Crippen molar-refractivity contribution in [1.82, 2.24) is 15.3 Å². The van der Waals surface area contributed by atoms with E-state index in [0.29, 0.717) is 5.69 Å². The molecule has 6 N–H and O–H groups in total. The van der Waals surface area contributed by atoms with Crippen molar-refractivity contribution in [3.05, 3.63) is 18.2 Å². The largest absolute Gasteiger partial charge is 0.480 e. The first kappa shape index (κ1) is 15.1. The van der Waals surface area contributed by atoms with E-state index in [1.165, 1.54) is 13.4 Å². The lowest BCUT2D eigenvalue weighted by Crippen LogP contribution is -2.51. The average Bonchev–Trinajstić information content (AvgIpc) is 2.81. The summed E-state index contributed by atoms with van der Waals surface area (Å²) < 4.78 is 0. The van der Waals surface area contributed by atoms with Gasteiger partial charge in [0.2, 0.25) is 0 Å². The Morgan fingerprint density at radius 3 is 2.68 bits per heavy atom. The number of aromatic nitrogens is 2. The zero-order chi connectivity index (χ0) is 14.5. The van der Waals surface area contributed by atoms with Crippen LogP contribution in [-0.2, 0) is 16.0 Å². The van der Waals surface area contributed by atoms with Gasteiger partial charge in [-0.05, 0) is 19.9 Å². The van der Waals surface area contributed by atoms with Crippen molar-refractivity contribution in [1.29, 1.82) is 0 Å². The van der Waals surface area contributed by atoms with Gasteiger partial charge >= 0.3 is 11.9 Å². The van der Waals surface area contributed by atoms with Gasteiger partial charge in [-0.3, -0.25) is 9.59 Å². The molecule has 106 valence electrons. The van der Waals surface area contributed by atoms with E-state index in [1.54, 1.807) is 6.20 Å². The number of aromatic amines is 1. The van der Waals surface area contributed by atoms with E-state index in [0.717, 1.165) is 0 Å². The van der Waals surface area contributed by atoms with Gasteiger partial charge in [-0.2, -0.15) is 0 Å². The van der Waals surface area contributed by atoms with E-state index in [1.807, 2.05) is 0 Å². The van der Waals surface area contributed by atoms with Crippen LogP contribution in [0.3, 0.4) is 0 Å². The summed E-state index contributed by atoms with van der Waals surface area (Å²) >= 11 is 0. The van der Waals surface area contributed by atoms with Gasteiger partial charge in [0.15, 0.2) is 0 Å². The van der Waals surface area contributed by atoms with E-state index in [2.05, 4.69) is 15.3 Å². The summed E-state index contributed by atoms with van der Waals surface area (Å²) in [6.45, 7) is 0. The number of nitrogens with zero attached hydrogens (tertiary/aromatic N) is 1. The fourth-order valence-corrected chi connectivity index (χ4v) is 1.77. The molecule has 1 unspecified atom stereocenters. The summed E-state index contributed by atoms with van der Waals surface area (Å²) in [4.78, 5) is 28.8. The topological polar surface area (TPSA) is 141 Å². The molecule has 0 fully saturated rings. The van der Waals surface area contributed by atoms with Gasteiger partial charge in [0.05, 0.1) is 12.0 Å². The number of H-pyrrole nitrogens is 1. The molecule has 0 radical (unpaired) electrons. The second-order valence-electron chi connectivity index (χ2n) is 4.42. The van der Waals surface area contributed by atoms with Crippen LogP contribution < -0.4 is 11.1 Å². The first-order valence-corrected chi connectivity index (χ1v) is 5.79. The molecule has 0 spiro atoms. The number of hydrogen-bond acceptors (Lipinski definition) is 5. The van der Waals surface area contributed by atoms with Crippen LogP contribution in [0.2, 0.25) is 0 Å². The Labute approximate surface area is 110 Å².